The Balaban J connectivity index is 1.08. The second-order valence-electron chi connectivity index (χ2n) is 13.0. The van der Waals surface area contributed by atoms with E-state index in [0.29, 0.717) is 5.84 Å². The molecule has 51 heavy (non-hydrogen) atoms. The molecule has 0 spiro atoms. The molecule has 3 aromatic heterocycles. The Morgan fingerprint density at radius 1 is 0.569 bits per heavy atom. The third-order valence-corrected chi connectivity index (χ3v) is 11.2. The number of amidine groups is 2. The van der Waals surface area contributed by atoms with Gasteiger partial charge in [-0.3, -0.25) is 0 Å². The molecule has 7 aromatic carbocycles. The maximum absolute atomic E-state index is 6.60. The first-order chi connectivity index (χ1) is 25.3. The lowest BCUT2D eigenvalue weighted by molar-refractivity contribution is 0.668. The van der Waals surface area contributed by atoms with Crippen molar-refractivity contribution in [3.05, 3.63) is 174 Å². The van der Waals surface area contributed by atoms with Gasteiger partial charge in [0, 0.05) is 58.5 Å². The van der Waals surface area contributed by atoms with Crippen LogP contribution in [-0.2, 0) is 0 Å². The van der Waals surface area contributed by atoms with E-state index < -0.39 is 0 Å². The molecule has 11 rings (SSSR count). The topological polar surface area (TPSA) is 54.8 Å². The zero-order valence-corrected chi connectivity index (χ0v) is 28.1. The number of thiophene rings is 1. The third-order valence-electron chi connectivity index (χ3n) is 10.1. The summed E-state index contributed by atoms with van der Waals surface area (Å²) in [5.74, 6) is 1.48. The van der Waals surface area contributed by atoms with Crippen molar-refractivity contribution >= 4 is 86.9 Å². The second-order valence-corrected chi connectivity index (χ2v) is 14.1. The number of nitrogens with one attached hydrogen (secondary N) is 1. The van der Waals surface area contributed by atoms with E-state index in [4.69, 9.17) is 14.4 Å². The maximum atomic E-state index is 6.60. The van der Waals surface area contributed by atoms with Gasteiger partial charge in [0.05, 0.1) is 11.0 Å². The van der Waals surface area contributed by atoms with Crippen molar-refractivity contribution in [2.75, 3.05) is 0 Å². The summed E-state index contributed by atoms with van der Waals surface area (Å²) in [4.78, 5) is 10.2. The molecule has 1 aliphatic heterocycles. The molecule has 0 bridgehead atoms. The molecule has 6 heteroatoms. The fourth-order valence-electron chi connectivity index (χ4n) is 7.73. The lowest BCUT2D eigenvalue weighted by atomic mass is 10.0. The molecule has 0 saturated heterocycles. The first-order valence-corrected chi connectivity index (χ1v) is 17.9. The highest BCUT2D eigenvalue weighted by Crippen LogP contribution is 2.42. The van der Waals surface area contributed by atoms with Crippen molar-refractivity contribution in [3.8, 4) is 5.69 Å². The Bertz CT molecular complexity index is 3010. The second kappa shape index (κ2) is 11.0. The SMILES string of the molecule is c1ccc(C2=NC(c3ccccc3)NC(c3cccc4oc5cc6c(cc5c34)sc3cc(-n4c5ccccc5c5ccccc54)ccc36)=N2)cc1. The van der Waals surface area contributed by atoms with Gasteiger partial charge in [-0.2, -0.15) is 0 Å². The number of furan rings is 1. The minimum absolute atomic E-state index is 0.277. The predicted octanol–water partition coefficient (Wildman–Crippen LogP) is 11.5. The highest BCUT2D eigenvalue weighted by molar-refractivity contribution is 7.25. The van der Waals surface area contributed by atoms with Crippen LogP contribution in [-0.4, -0.2) is 16.2 Å². The molecule has 4 heterocycles. The monoisotopic (exact) mass is 672 g/mol. The quantitative estimate of drug-likeness (QED) is 0.202. The van der Waals surface area contributed by atoms with Gasteiger partial charge < -0.3 is 14.3 Å². The van der Waals surface area contributed by atoms with E-state index in [-0.39, 0.29) is 6.17 Å². The fraction of sp³-hybridized carbons (Fsp3) is 0.0222. The van der Waals surface area contributed by atoms with Crippen LogP contribution < -0.4 is 5.32 Å². The molecule has 5 nitrogen and oxygen atoms in total. The first-order valence-electron chi connectivity index (χ1n) is 17.1. The van der Waals surface area contributed by atoms with Crippen LogP contribution in [0, 0.1) is 0 Å². The van der Waals surface area contributed by atoms with Gasteiger partial charge >= 0.3 is 0 Å². The zero-order chi connectivity index (χ0) is 33.5. The van der Waals surface area contributed by atoms with Crippen molar-refractivity contribution in [1.29, 1.82) is 0 Å². The lowest BCUT2D eigenvalue weighted by Crippen LogP contribution is -2.33. The average molecular weight is 673 g/mol. The summed E-state index contributed by atoms with van der Waals surface area (Å²) in [5, 5.41) is 10.7. The van der Waals surface area contributed by atoms with Crippen molar-refractivity contribution < 1.29 is 4.42 Å². The van der Waals surface area contributed by atoms with Gasteiger partial charge in [0.1, 0.15) is 23.2 Å². The van der Waals surface area contributed by atoms with Crippen LogP contribution in [0.3, 0.4) is 0 Å². The van der Waals surface area contributed by atoms with Crippen LogP contribution >= 0.6 is 11.3 Å². The largest absolute Gasteiger partial charge is 0.456 e. The van der Waals surface area contributed by atoms with Crippen LogP contribution in [0.4, 0.5) is 0 Å². The lowest BCUT2D eigenvalue weighted by Gasteiger charge is -2.24. The van der Waals surface area contributed by atoms with E-state index in [9.17, 15) is 0 Å². The summed E-state index contributed by atoms with van der Waals surface area (Å²) in [7, 11) is 0. The van der Waals surface area contributed by atoms with Crippen LogP contribution in [0.2, 0.25) is 0 Å². The van der Waals surface area contributed by atoms with E-state index in [1.807, 2.05) is 59.9 Å². The average Bonchev–Trinajstić information content (AvgIpc) is 3.86. The highest BCUT2D eigenvalue weighted by Gasteiger charge is 2.24. The summed E-state index contributed by atoms with van der Waals surface area (Å²) in [6.45, 7) is 0. The van der Waals surface area contributed by atoms with Gasteiger partial charge in [0.2, 0.25) is 0 Å². The van der Waals surface area contributed by atoms with Crippen molar-refractivity contribution in [1.82, 2.24) is 9.88 Å². The van der Waals surface area contributed by atoms with Crippen LogP contribution in [0.15, 0.2) is 172 Å². The minimum Gasteiger partial charge on any atom is -0.456 e. The molecule has 1 unspecified atom stereocenters. The Morgan fingerprint density at radius 2 is 1.27 bits per heavy atom. The number of aliphatic imine (C=N–C) groups is 2. The smallest absolute Gasteiger partial charge is 0.159 e. The molecule has 1 atom stereocenters. The van der Waals surface area contributed by atoms with Gasteiger partial charge in [-0.15, -0.1) is 11.3 Å². The molecule has 0 aliphatic carbocycles. The molecule has 0 saturated carbocycles. The number of fused-ring (bicyclic) bond motifs is 9. The number of hydrogen-bond acceptors (Lipinski definition) is 5. The Kier molecular flexibility index (Phi) is 6.12. The number of benzene rings is 7. The molecule has 0 radical (unpaired) electrons. The van der Waals surface area contributed by atoms with Gasteiger partial charge in [-0.1, -0.05) is 115 Å². The predicted molar refractivity (Wildman–Crippen MR) is 213 cm³/mol. The maximum Gasteiger partial charge on any atom is 0.159 e. The highest BCUT2D eigenvalue weighted by atomic mass is 32.1. The van der Waals surface area contributed by atoms with E-state index in [0.717, 1.165) is 50.2 Å². The summed E-state index contributed by atoms with van der Waals surface area (Å²) >= 11 is 1.83. The molecule has 0 fully saturated rings. The van der Waals surface area contributed by atoms with E-state index >= 15 is 0 Å². The first kappa shape index (κ1) is 28.3. The molecular weight excluding hydrogens is 645 g/mol. The molecular formula is C45H28N4OS. The standard InChI is InChI=1S/C45H28N4OS/c1-3-12-27(13-4-1)43-46-44(28-14-5-2-6-15-28)48-45(47-43)33-18-11-21-38-42(33)35-26-41-34(25-39(35)50-38)32-23-22-29(24-40(32)51-41)49-36-19-9-7-16-30(36)31-17-8-10-20-37(31)49/h1-26,43H,(H,46,47,48). The van der Waals surface area contributed by atoms with Gasteiger partial charge in [-0.05, 0) is 48.0 Å². The van der Waals surface area contributed by atoms with Gasteiger partial charge in [0.15, 0.2) is 5.84 Å². The Labute approximate surface area is 296 Å². The van der Waals surface area contributed by atoms with Crippen molar-refractivity contribution in [3.63, 3.8) is 0 Å². The minimum atomic E-state index is -0.277. The number of para-hydroxylation sites is 2. The number of rotatable bonds is 4. The Morgan fingerprint density at radius 3 is 2.06 bits per heavy atom. The third kappa shape index (κ3) is 4.40. The number of nitrogens with zero attached hydrogens (tertiary/aromatic N) is 3. The zero-order valence-electron chi connectivity index (χ0n) is 27.2. The summed E-state index contributed by atoms with van der Waals surface area (Å²) in [6.07, 6.45) is -0.277. The van der Waals surface area contributed by atoms with E-state index in [1.54, 1.807) is 0 Å². The van der Waals surface area contributed by atoms with Crippen LogP contribution in [0.5, 0.6) is 0 Å². The van der Waals surface area contributed by atoms with Gasteiger partial charge in [-0.25, -0.2) is 9.98 Å². The van der Waals surface area contributed by atoms with Crippen molar-refractivity contribution in [2.24, 2.45) is 9.98 Å². The Hall–Kier alpha value is -6.50. The van der Waals surface area contributed by atoms with Crippen LogP contribution in [0.1, 0.15) is 22.9 Å². The summed E-state index contributed by atoms with van der Waals surface area (Å²) in [5.41, 5.74) is 8.34. The van der Waals surface area contributed by atoms with Gasteiger partial charge in [0.25, 0.3) is 0 Å². The van der Waals surface area contributed by atoms with Crippen molar-refractivity contribution in [2.45, 2.75) is 6.17 Å². The van der Waals surface area contributed by atoms with E-state index in [2.05, 4.69) is 119 Å². The molecule has 1 aliphatic rings. The molecule has 0 amide bonds. The molecule has 240 valence electrons. The molecule has 10 aromatic rings. The normalized spacial score (nSPS) is 14.9. The number of hydrogen-bond donors (Lipinski definition) is 1. The van der Waals surface area contributed by atoms with Crippen LogP contribution in [0.25, 0.3) is 69.6 Å². The number of aromatic nitrogens is 1. The van der Waals surface area contributed by atoms with E-state index in [1.165, 1.54) is 42.0 Å². The summed E-state index contributed by atoms with van der Waals surface area (Å²) in [6, 6.07) is 55.4. The summed E-state index contributed by atoms with van der Waals surface area (Å²) < 4.78 is 11.5. The molecule has 1 N–H and O–H groups in total. The fourth-order valence-corrected chi connectivity index (χ4v) is 8.89.